The molecule has 0 N–H and O–H groups in total. The summed E-state index contributed by atoms with van der Waals surface area (Å²) in [7, 11) is 0. The van der Waals surface area contributed by atoms with Crippen LogP contribution in [0.2, 0.25) is 0 Å². The number of rotatable bonds is 11. The van der Waals surface area contributed by atoms with Crippen molar-refractivity contribution in [1.29, 1.82) is 0 Å². The third-order valence-corrected chi connectivity index (χ3v) is 8.69. The molecule has 7 atom stereocenters. The van der Waals surface area contributed by atoms with E-state index in [0.29, 0.717) is 13.2 Å². The second kappa shape index (κ2) is 12.5. The van der Waals surface area contributed by atoms with Gasteiger partial charge in [-0.3, -0.25) is 0 Å². The number of hydrogen-bond donors (Lipinski definition) is 0. The Morgan fingerprint density at radius 2 is 1.33 bits per heavy atom. The maximum absolute atomic E-state index is 6.40. The smallest absolute Gasteiger partial charge is 0.190 e. The van der Waals surface area contributed by atoms with E-state index in [2.05, 4.69) is 36.4 Å². The van der Waals surface area contributed by atoms with Crippen molar-refractivity contribution >= 4 is 0 Å². The van der Waals surface area contributed by atoms with Crippen LogP contribution < -0.4 is 0 Å². The highest BCUT2D eigenvalue weighted by atomic mass is 16.8. The summed E-state index contributed by atoms with van der Waals surface area (Å²) >= 11 is 0. The van der Waals surface area contributed by atoms with Gasteiger partial charge < -0.3 is 37.9 Å². The highest BCUT2D eigenvalue weighted by molar-refractivity contribution is 5.23. The van der Waals surface area contributed by atoms with Crippen molar-refractivity contribution in [2.75, 3.05) is 6.61 Å². The predicted octanol–water partition coefficient (Wildman–Crippen LogP) is 6.08. The van der Waals surface area contributed by atoms with Crippen LogP contribution in [0.15, 0.2) is 54.6 Å². The van der Waals surface area contributed by atoms with Gasteiger partial charge in [-0.1, -0.05) is 54.6 Å². The summed E-state index contributed by atoms with van der Waals surface area (Å²) in [5.41, 5.74) is 3.73. The van der Waals surface area contributed by atoms with Crippen LogP contribution in [-0.2, 0) is 57.3 Å². The lowest BCUT2D eigenvalue weighted by Gasteiger charge is -2.26. The van der Waals surface area contributed by atoms with E-state index < -0.39 is 23.7 Å². The minimum atomic E-state index is -0.672. The van der Waals surface area contributed by atoms with Crippen LogP contribution >= 0.6 is 0 Å². The van der Waals surface area contributed by atoms with Gasteiger partial charge in [-0.25, -0.2) is 0 Å². The van der Waals surface area contributed by atoms with Crippen LogP contribution in [-0.4, -0.2) is 66.9 Å². The molecule has 0 spiro atoms. The molecule has 4 aliphatic rings. The maximum atomic E-state index is 6.40. The van der Waals surface area contributed by atoms with Crippen molar-refractivity contribution in [3.05, 3.63) is 71.3 Å². The third kappa shape index (κ3) is 7.68. The SMILES string of the molecule is CC1(C)O[C@H]2O[C@H](CCc3ccc(CCC[C@H]4OC(C)(C)O[C@@H]4[C@H]4COC(C)(C)O4)cc3)[C@H](OCc3ccccc3)[C@H]2O1. The number of fused-ring (bicyclic) bond motifs is 1. The molecule has 0 radical (unpaired) electrons. The fourth-order valence-electron chi connectivity index (χ4n) is 6.72. The van der Waals surface area contributed by atoms with E-state index in [1.165, 1.54) is 11.1 Å². The van der Waals surface area contributed by atoms with Crippen LogP contribution in [0.25, 0.3) is 0 Å². The highest BCUT2D eigenvalue weighted by Crippen LogP contribution is 2.40. The summed E-state index contributed by atoms with van der Waals surface area (Å²) in [5.74, 6) is -1.87. The van der Waals surface area contributed by atoms with Crippen molar-refractivity contribution < 1.29 is 37.9 Å². The van der Waals surface area contributed by atoms with Crippen molar-refractivity contribution in [1.82, 2.24) is 0 Å². The molecule has 2 aromatic rings. The van der Waals surface area contributed by atoms with Crippen molar-refractivity contribution in [3.63, 3.8) is 0 Å². The summed E-state index contributed by atoms with van der Waals surface area (Å²) in [6, 6.07) is 19.2. The fraction of sp³-hybridized carbons (Fsp3) is 0.657. The summed E-state index contributed by atoms with van der Waals surface area (Å²) in [6.45, 7) is 12.7. The first-order valence-electron chi connectivity index (χ1n) is 15.9. The van der Waals surface area contributed by atoms with Crippen LogP contribution in [0.4, 0.5) is 0 Å². The molecule has 8 heteroatoms. The summed E-state index contributed by atoms with van der Waals surface area (Å²) in [6.07, 6.45) is 3.45. The van der Waals surface area contributed by atoms with Gasteiger partial charge in [-0.05, 0) is 90.3 Å². The molecule has 0 aromatic heterocycles. The van der Waals surface area contributed by atoms with Gasteiger partial charge >= 0.3 is 0 Å². The molecule has 0 unspecified atom stereocenters. The van der Waals surface area contributed by atoms with E-state index in [1.807, 2.05) is 59.7 Å². The van der Waals surface area contributed by atoms with Gasteiger partial charge in [0.25, 0.3) is 0 Å². The molecule has 4 heterocycles. The van der Waals surface area contributed by atoms with Gasteiger partial charge in [-0.15, -0.1) is 0 Å². The van der Waals surface area contributed by atoms with Gasteiger partial charge in [0.2, 0.25) is 0 Å². The van der Waals surface area contributed by atoms with E-state index in [1.54, 1.807) is 0 Å². The molecule has 0 saturated carbocycles. The molecule has 4 fully saturated rings. The lowest BCUT2D eigenvalue weighted by atomic mass is 9.98. The quantitative estimate of drug-likeness (QED) is 0.309. The van der Waals surface area contributed by atoms with Crippen LogP contribution in [0, 0.1) is 0 Å². The second-order valence-electron chi connectivity index (χ2n) is 13.7. The maximum Gasteiger partial charge on any atom is 0.190 e. The molecule has 0 amide bonds. The summed E-state index contributed by atoms with van der Waals surface area (Å²) in [4.78, 5) is 0. The predicted molar refractivity (Wildman–Crippen MR) is 160 cm³/mol. The largest absolute Gasteiger partial charge is 0.368 e. The van der Waals surface area contributed by atoms with Crippen molar-refractivity contribution in [3.8, 4) is 0 Å². The molecule has 8 nitrogen and oxygen atoms in total. The fourth-order valence-corrected chi connectivity index (χ4v) is 6.72. The van der Waals surface area contributed by atoms with E-state index >= 15 is 0 Å². The molecule has 6 rings (SSSR count). The molecule has 236 valence electrons. The number of ether oxygens (including phenoxy) is 8. The normalized spacial score (nSPS) is 34.0. The third-order valence-electron chi connectivity index (χ3n) is 8.69. The first kappa shape index (κ1) is 31.1. The lowest BCUT2D eigenvalue weighted by molar-refractivity contribution is -0.219. The highest BCUT2D eigenvalue weighted by Gasteiger charge is 2.55. The van der Waals surface area contributed by atoms with E-state index in [9.17, 15) is 0 Å². The zero-order chi connectivity index (χ0) is 30.2. The van der Waals surface area contributed by atoms with Crippen molar-refractivity contribution in [2.24, 2.45) is 0 Å². The molecular weight excluding hydrogens is 548 g/mol. The minimum absolute atomic E-state index is 0.0155. The average Bonchev–Trinajstić information content (AvgIpc) is 3.66. The minimum Gasteiger partial charge on any atom is -0.368 e. The molecule has 43 heavy (non-hydrogen) atoms. The Bertz CT molecular complexity index is 1200. The first-order chi connectivity index (χ1) is 20.5. The Morgan fingerprint density at radius 3 is 2.02 bits per heavy atom. The van der Waals surface area contributed by atoms with E-state index in [0.717, 1.165) is 37.7 Å². The monoisotopic (exact) mass is 596 g/mol. The summed E-state index contributed by atoms with van der Waals surface area (Å²) in [5, 5.41) is 0. The van der Waals surface area contributed by atoms with Crippen LogP contribution in [0.1, 0.15) is 77.5 Å². The Balaban J connectivity index is 0.992. The Labute approximate surface area is 256 Å². The number of hydrogen-bond acceptors (Lipinski definition) is 8. The molecule has 2 aromatic carbocycles. The van der Waals surface area contributed by atoms with Gasteiger partial charge in [0, 0.05) is 0 Å². The number of aryl methyl sites for hydroxylation is 2. The Hall–Kier alpha value is -1.88. The van der Waals surface area contributed by atoms with Crippen LogP contribution in [0.3, 0.4) is 0 Å². The molecule has 4 aliphatic heterocycles. The van der Waals surface area contributed by atoms with Crippen molar-refractivity contribution in [2.45, 2.75) is 141 Å². The number of benzene rings is 2. The standard InChI is InChI=1S/C35H48O8/c1-33(2)37-22-28(40-33)29-27(39-34(3,4)41-29)14-10-13-23-15-17-24(18-16-23)19-20-26-30(36-21-25-11-8-7-9-12-25)31-32(38-26)43-35(5,6)42-31/h7-9,11-12,15-18,26-32H,10,13-14,19-22H2,1-6H3/t26-,27-,28-,29+,30+,31-,32-/m1/s1. The van der Waals surface area contributed by atoms with Crippen LogP contribution in [0.5, 0.6) is 0 Å². The first-order valence-corrected chi connectivity index (χ1v) is 15.9. The molecule has 0 bridgehead atoms. The molecular formula is C35H48O8. The van der Waals surface area contributed by atoms with Gasteiger partial charge in [0.05, 0.1) is 25.4 Å². The average molecular weight is 597 g/mol. The Kier molecular flexibility index (Phi) is 9.04. The second-order valence-corrected chi connectivity index (χ2v) is 13.7. The molecule has 4 saturated heterocycles. The van der Waals surface area contributed by atoms with Gasteiger partial charge in [-0.2, -0.15) is 0 Å². The van der Waals surface area contributed by atoms with Gasteiger partial charge in [0.1, 0.15) is 24.4 Å². The summed E-state index contributed by atoms with van der Waals surface area (Å²) < 4.78 is 49.4. The Morgan fingerprint density at radius 1 is 0.651 bits per heavy atom. The topological polar surface area (TPSA) is 73.8 Å². The van der Waals surface area contributed by atoms with E-state index in [4.69, 9.17) is 37.9 Å². The van der Waals surface area contributed by atoms with E-state index in [-0.39, 0.29) is 36.6 Å². The molecule has 0 aliphatic carbocycles. The lowest BCUT2D eigenvalue weighted by Crippen LogP contribution is -2.38. The van der Waals surface area contributed by atoms with Gasteiger partial charge in [0.15, 0.2) is 23.7 Å². The zero-order valence-electron chi connectivity index (χ0n) is 26.5. The zero-order valence-corrected chi connectivity index (χ0v) is 26.5.